The molecule has 0 saturated carbocycles. The summed E-state index contributed by atoms with van der Waals surface area (Å²) in [7, 11) is 1.89. The lowest BCUT2D eigenvalue weighted by Gasteiger charge is -2.38. The van der Waals surface area contributed by atoms with Crippen molar-refractivity contribution < 1.29 is 4.79 Å². The van der Waals surface area contributed by atoms with Crippen LogP contribution >= 0.6 is 15.9 Å². The summed E-state index contributed by atoms with van der Waals surface area (Å²) in [6, 6.07) is 9.40. The smallest absolute Gasteiger partial charge is 0.245 e. The van der Waals surface area contributed by atoms with Gasteiger partial charge in [0, 0.05) is 17.6 Å². The largest absolute Gasteiger partial charge is 0.309 e. The highest BCUT2D eigenvalue weighted by Crippen LogP contribution is 2.28. The van der Waals surface area contributed by atoms with Gasteiger partial charge in [0.15, 0.2) is 0 Å². The van der Waals surface area contributed by atoms with Gasteiger partial charge in [0.05, 0.1) is 18.2 Å². The summed E-state index contributed by atoms with van der Waals surface area (Å²) in [5.74, 6) is -0.00259. The highest BCUT2D eigenvalue weighted by molar-refractivity contribution is 9.10. The van der Waals surface area contributed by atoms with Crippen LogP contribution in [0.2, 0.25) is 0 Å². The van der Waals surface area contributed by atoms with E-state index in [0.29, 0.717) is 6.54 Å². The quantitative estimate of drug-likeness (QED) is 0.839. The minimum Gasteiger partial charge on any atom is -0.309 e. The second-order valence-corrected chi connectivity index (χ2v) is 5.15. The summed E-state index contributed by atoms with van der Waals surface area (Å²) >= 11 is 3.46. The third-order valence-corrected chi connectivity index (χ3v) is 3.86. The van der Waals surface area contributed by atoms with Gasteiger partial charge < -0.3 is 4.90 Å². The number of hydrogen-bond acceptors (Lipinski definition) is 3. The van der Waals surface area contributed by atoms with Crippen LogP contribution in [0.15, 0.2) is 28.7 Å². The van der Waals surface area contributed by atoms with Crippen LogP contribution in [0, 0.1) is 11.3 Å². The van der Waals surface area contributed by atoms with Crippen molar-refractivity contribution in [1.29, 1.82) is 5.26 Å². The van der Waals surface area contributed by atoms with Gasteiger partial charge >= 0.3 is 0 Å². The molecule has 94 valence electrons. The lowest BCUT2D eigenvalue weighted by molar-refractivity contribution is -0.125. The molecule has 18 heavy (non-hydrogen) atoms. The van der Waals surface area contributed by atoms with Crippen LogP contribution in [0.4, 0.5) is 5.69 Å². The predicted molar refractivity (Wildman–Crippen MR) is 73.1 cm³/mol. The standard InChI is InChI=1S/C13H14BrN3O/c1-16-8-9-17(13(18)12(16)6-7-15)11-5-3-2-4-10(11)14/h2-5,12H,6,8-9H2,1H3. The molecule has 1 aliphatic rings. The highest BCUT2D eigenvalue weighted by Gasteiger charge is 2.33. The molecule has 5 heteroatoms. The second-order valence-electron chi connectivity index (χ2n) is 4.30. The Morgan fingerprint density at radius 2 is 2.17 bits per heavy atom. The summed E-state index contributed by atoms with van der Waals surface area (Å²) in [6.07, 6.45) is 0.232. The molecule has 1 heterocycles. The number of piperazine rings is 1. The highest BCUT2D eigenvalue weighted by atomic mass is 79.9. The molecule has 1 fully saturated rings. The maximum absolute atomic E-state index is 12.4. The number of carbonyl (C=O) groups excluding carboxylic acids is 1. The van der Waals surface area contributed by atoms with Crippen molar-refractivity contribution in [2.45, 2.75) is 12.5 Å². The van der Waals surface area contributed by atoms with Crippen LogP contribution in [0.5, 0.6) is 0 Å². The first-order valence-electron chi connectivity index (χ1n) is 5.78. The Hall–Kier alpha value is -1.38. The summed E-state index contributed by atoms with van der Waals surface area (Å²) in [5.41, 5.74) is 0.874. The fraction of sp³-hybridized carbons (Fsp3) is 0.385. The third kappa shape index (κ3) is 2.40. The molecule has 1 aromatic carbocycles. The average molecular weight is 308 g/mol. The first-order chi connectivity index (χ1) is 8.65. The number of rotatable bonds is 2. The monoisotopic (exact) mass is 307 g/mol. The van der Waals surface area contributed by atoms with Crippen LogP contribution in [-0.4, -0.2) is 37.0 Å². The molecular formula is C13H14BrN3O. The van der Waals surface area contributed by atoms with E-state index in [9.17, 15) is 4.79 Å². The van der Waals surface area contributed by atoms with Gasteiger partial charge in [0.1, 0.15) is 6.04 Å². The molecule has 0 N–H and O–H groups in total. The molecule has 4 nitrogen and oxygen atoms in total. The van der Waals surface area contributed by atoms with Crippen molar-refractivity contribution in [3.8, 4) is 6.07 Å². The van der Waals surface area contributed by atoms with Crippen molar-refractivity contribution in [2.24, 2.45) is 0 Å². The predicted octanol–water partition coefficient (Wildman–Crippen LogP) is 2.01. The molecule has 1 amide bonds. The minimum atomic E-state index is -0.337. The van der Waals surface area contributed by atoms with Gasteiger partial charge in [-0.1, -0.05) is 12.1 Å². The van der Waals surface area contributed by atoms with E-state index in [0.717, 1.165) is 16.7 Å². The van der Waals surface area contributed by atoms with Gasteiger partial charge in [0.2, 0.25) is 5.91 Å². The SMILES string of the molecule is CN1CCN(c2ccccc2Br)C(=O)C1CC#N. The molecule has 0 bridgehead atoms. The Morgan fingerprint density at radius 3 is 2.83 bits per heavy atom. The average Bonchev–Trinajstić information content (AvgIpc) is 2.36. The fourth-order valence-electron chi connectivity index (χ4n) is 2.13. The van der Waals surface area contributed by atoms with Crippen molar-refractivity contribution in [1.82, 2.24) is 4.90 Å². The van der Waals surface area contributed by atoms with E-state index in [4.69, 9.17) is 5.26 Å². The maximum atomic E-state index is 12.4. The number of anilines is 1. The van der Waals surface area contributed by atoms with E-state index >= 15 is 0 Å². The van der Waals surface area contributed by atoms with Crippen molar-refractivity contribution in [2.75, 3.05) is 25.0 Å². The fourth-order valence-corrected chi connectivity index (χ4v) is 2.63. The molecule has 0 radical (unpaired) electrons. The van der Waals surface area contributed by atoms with Crippen LogP contribution in [0.1, 0.15) is 6.42 Å². The van der Waals surface area contributed by atoms with Crippen molar-refractivity contribution in [3.05, 3.63) is 28.7 Å². The number of halogens is 1. The number of likely N-dealkylation sites (N-methyl/N-ethyl adjacent to an activating group) is 1. The molecule has 0 aliphatic carbocycles. The second kappa shape index (κ2) is 5.51. The molecular weight excluding hydrogens is 294 g/mol. The van der Waals surface area contributed by atoms with E-state index in [2.05, 4.69) is 22.0 Å². The van der Waals surface area contributed by atoms with Gasteiger partial charge in [-0.05, 0) is 35.1 Å². The van der Waals surface area contributed by atoms with Crippen molar-refractivity contribution in [3.63, 3.8) is 0 Å². The Morgan fingerprint density at radius 1 is 1.44 bits per heavy atom. The van der Waals surface area contributed by atoms with Gasteiger partial charge in [-0.2, -0.15) is 5.26 Å². The van der Waals surface area contributed by atoms with Gasteiger partial charge in [-0.15, -0.1) is 0 Å². The zero-order chi connectivity index (χ0) is 13.1. The zero-order valence-electron chi connectivity index (χ0n) is 10.1. The summed E-state index contributed by atoms with van der Waals surface area (Å²) in [5, 5.41) is 8.81. The first-order valence-corrected chi connectivity index (χ1v) is 6.57. The summed E-state index contributed by atoms with van der Waals surface area (Å²) < 4.78 is 0.901. The molecule has 1 saturated heterocycles. The Kier molecular flexibility index (Phi) is 4.00. The van der Waals surface area contributed by atoms with Crippen LogP contribution < -0.4 is 4.90 Å². The molecule has 0 aromatic heterocycles. The summed E-state index contributed by atoms with van der Waals surface area (Å²) in [4.78, 5) is 16.1. The zero-order valence-corrected chi connectivity index (χ0v) is 11.7. The number of hydrogen-bond donors (Lipinski definition) is 0. The third-order valence-electron chi connectivity index (χ3n) is 3.19. The molecule has 1 aliphatic heterocycles. The number of nitrogens with zero attached hydrogens (tertiary/aromatic N) is 3. The lowest BCUT2D eigenvalue weighted by Crippen LogP contribution is -2.55. The topological polar surface area (TPSA) is 47.3 Å². The number of para-hydroxylation sites is 1. The van der Waals surface area contributed by atoms with E-state index in [1.54, 1.807) is 4.90 Å². The van der Waals surface area contributed by atoms with E-state index in [1.807, 2.05) is 36.2 Å². The van der Waals surface area contributed by atoms with Crippen LogP contribution in [0.25, 0.3) is 0 Å². The molecule has 1 atom stereocenters. The van der Waals surface area contributed by atoms with Crippen LogP contribution in [0.3, 0.4) is 0 Å². The van der Waals surface area contributed by atoms with E-state index in [-0.39, 0.29) is 18.4 Å². The number of benzene rings is 1. The number of amides is 1. The number of carbonyl (C=O) groups is 1. The first kappa shape index (κ1) is 13.1. The lowest BCUT2D eigenvalue weighted by atomic mass is 10.1. The molecule has 1 aromatic rings. The Balaban J connectivity index is 2.28. The normalized spacial score (nSPS) is 20.8. The molecule has 2 rings (SSSR count). The summed E-state index contributed by atoms with van der Waals surface area (Å²) in [6.45, 7) is 1.43. The van der Waals surface area contributed by atoms with Crippen LogP contribution in [-0.2, 0) is 4.79 Å². The van der Waals surface area contributed by atoms with Gasteiger partial charge in [-0.25, -0.2) is 0 Å². The van der Waals surface area contributed by atoms with Gasteiger partial charge in [-0.3, -0.25) is 9.69 Å². The Labute approximate surface area is 115 Å². The maximum Gasteiger partial charge on any atom is 0.245 e. The number of nitriles is 1. The van der Waals surface area contributed by atoms with Gasteiger partial charge in [0.25, 0.3) is 0 Å². The molecule has 1 unspecified atom stereocenters. The Bertz CT molecular complexity index is 497. The van der Waals surface area contributed by atoms with E-state index in [1.165, 1.54) is 0 Å². The minimum absolute atomic E-state index is 0.00259. The molecule has 0 spiro atoms. The van der Waals surface area contributed by atoms with E-state index < -0.39 is 0 Å². The van der Waals surface area contributed by atoms with Crippen molar-refractivity contribution >= 4 is 27.5 Å².